The molecule has 0 fully saturated rings. The number of aliphatic hydroxyl groups is 1. The predicted molar refractivity (Wildman–Crippen MR) is 68.1 cm³/mol. The Balaban J connectivity index is 2.01. The minimum atomic E-state index is -0.886. The van der Waals surface area contributed by atoms with Crippen LogP contribution in [0.3, 0.4) is 0 Å². The normalized spacial score (nSPS) is 12.1. The summed E-state index contributed by atoms with van der Waals surface area (Å²) in [5, 5.41) is 19.1. The van der Waals surface area contributed by atoms with Crippen molar-refractivity contribution in [2.75, 3.05) is 19.0 Å². The quantitative estimate of drug-likeness (QED) is 0.717. The van der Waals surface area contributed by atoms with Crippen LogP contribution >= 0.6 is 12.2 Å². The summed E-state index contributed by atoms with van der Waals surface area (Å²) in [4.78, 5) is 0.140. The van der Waals surface area contributed by atoms with Crippen LogP contribution in [0.1, 0.15) is 12.0 Å². The largest absolute Gasteiger partial charge is 0.495 e. The lowest BCUT2D eigenvalue weighted by Crippen LogP contribution is -2.13. The van der Waals surface area contributed by atoms with E-state index in [0.717, 1.165) is 5.69 Å². The van der Waals surface area contributed by atoms with E-state index in [4.69, 9.17) is 21.4 Å². The number of para-hydroxylation sites is 2. The number of anilines is 1. The van der Waals surface area contributed by atoms with Gasteiger partial charge in [-0.15, -0.1) is 5.10 Å². The van der Waals surface area contributed by atoms with Crippen LogP contribution in [0, 0.1) is 4.84 Å². The van der Waals surface area contributed by atoms with Crippen molar-refractivity contribution in [1.82, 2.24) is 10.2 Å². The molecule has 1 atom stereocenters. The minimum Gasteiger partial charge on any atom is -0.495 e. The van der Waals surface area contributed by atoms with E-state index in [9.17, 15) is 5.11 Å². The summed E-state index contributed by atoms with van der Waals surface area (Å²) in [7, 11) is 1.59. The lowest BCUT2D eigenvalue weighted by atomic mass is 10.2. The van der Waals surface area contributed by atoms with E-state index in [1.165, 1.54) is 0 Å². The van der Waals surface area contributed by atoms with Crippen LogP contribution in [0.25, 0.3) is 0 Å². The molecule has 0 amide bonds. The lowest BCUT2D eigenvalue weighted by Gasteiger charge is -2.12. The third-order valence-electron chi connectivity index (χ3n) is 2.33. The van der Waals surface area contributed by atoms with Crippen LogP contribution in [0.2, 0.25) is 0 Å². The van der Waals surface area contributed by atoms with Crippen molar-refractivity contribution in [3.8, 4) is 5.75 Å². The molecule has 0 aliphatic heterocycles. The number of ether oxygens (including phenoxy) is 1. The van der Waals surface area contributed by atoms with Crippen molar-refractivity contribution >= 4 is 17.9 Å². The molecule has 0 aliphatic rings. The van der Waals surface area contributed by atoms with Gasteiger partial charge in [0.05, 0.1) is 12.8 Å². The molecule has 1 unspecified atom stereocenters. The van der Waals surface area contributed by atoms with E-state index >= 15 is 0 Å². The Hall–Kier alpha value is -1.86. The summed E-state index contributed by atoms with van der Waals surface area (Å²) < 4.78 is 10.2. The third kappa shape index (κ3) is 2.88. The lowest BCUT2D eigenvalue weighted by molar-refractivity contribution is 0.155. The zero-order chi connectivity index (χ0) is 13.0. The maximum atomic E-state index is 9.83. The Morgan fingerprint density at radius 1 is 1.56 bits per heavy atom. The molecule has 1 aromatic carbocycles. The maximum Gasteiger partial charge on any atom is 0.284 e. The first-order valence-electron chi connectivity index (χ1n) is 5.31. The van der Waals surface area contributed by atoms with Gasteiger partial charge in [0.1, 0.15) is 11.9 Å². The molecule has 0 saturated heterocycles. The first-order valence-corrected chi connectivity index (χ1v) is 5.72. The molecule has 0 spiro atoms. The average Bonchev–Trinajstić information content (AvgIpc) is 2.83. The van der Waals surface area contributed by atoms with Crippen LogP contribution in [0.5, 0.6) is 5.75 Å². The monoisotopic (exact) mass is 267 g/mol. The summed E-state index contributed by atoms with van der Waals surface area (Å²) in [6.07, 6.45) is -0.886. The van der Waals surface area contributed by atoms with E-state index in [0.29, 0.717) is 5.75 Å². The van der Waals surface area contributed by atoms with Crippen LogP contribution < -0.4 is 10.1 Å². The molecule has 3 N–H and O–H groups in total. The number of rotatable bonds is 5. The fourth-order valence-corrected chi connectivity index (χ4v) is 1.60. The van der Waals surface area contributed by atoms with Crippen molar-refractivity contribution in [2.45, 2.75) is 6.10 Å². The molecule has 6 nitrogen and oxygen atoms in total. The number of methoxy groups -OCH3 is 1. The Labute approximate surface area is 109 Å². The van der Waals surface area contributed by atoms with Crippen LogP contribution in [0.15, 0.2) is 28.7 Å². The van der Waals surface area contributed by atoms with Crippen molar-refractivity contribution in [1.29, 1.82) is 0 Å². The van der Waals surface area contributed by atoms with Gasteiger partial charge in [-0.05, 0) is 24.4 Å². The molecular weight excluding hydrogens is 254 g/mol. The highest BCUT2D eigenvalue weighted by Crippen LogP contribution is 2.23. The van der Waals surface area contributed by atoms with Crippen molar-refractivity contribution in [3.05, 3.63) is 35.0 Å². The number of hydrogen-bond donors (Lipinski definition) is 3. The van der Waals surface area contributed by atoms with Gasteiger partial charge in [-0.25, -0.2) is 5.10 Å². The van der Waals surface area contributed by atoms with E-state index in [1.807, 2.05) is 24.3 Å². The fraction of sp³-hybridized carbons (Fsp3) is 0.273. The Morgan fingerprint density at radius 3 is 3.00 bits per heavy atom. The van der Waals surface area contributed by atoms with Gasteiger partial charge < -0.3 is 19.6 Å². The molecule has 7 heteroatoms. The molecular formula is C11H13N3O3S. The number of benzene rings is 1. The molecule has 1 aromatic heterocycles. The Bertz CT molecular complexity index is 566. The fourth-order valence-electron chi connectivity index (χ4n) is 1.47. The molecule has 18 heavy (non-hydrogen) atoms. The highest BCUT2D eigenvalue weighted by Gasteiger charge is 2.13. The first-order chi connectivity index (χ1) is 8.70. The summed E-state index contributed by atoms with van der Waals surface area (Å²) in [5.41, 5.74) is 0.785. The summed E-state index contributed by atoms with van der Waals surface area (Å²) in [6, 6.07) is 7.42. The molecule has 0 aliphatic carbocycles. The van der Waals surface area contributed by atoms with Crippen LogP contribution in [-0.2, 0) is 0 Å². The molecule has 96 valence electrons. The Morgan fingerprint density at radius 2 is 2.33 bits per heavy atom. The van der Waals surface area contributed by atoms with Gasteiger partial charge in [-0.2, -0.15) is 0 Å². The second-order valence-electron chi connectivity index (χ2n) is 3.55. The van der Waals surface area contributed by atoms with Gasteiger partial charge in [-0.3, -0.25) is 0 Å². The molecule has 1 heterocycles. The summed E-state index contributed by atoms with van der Waals surface area (Å²) in [5.74, 6) is 0.857. The Kier molecular flexibility index (Phi) is 3.96. The molecule has 2 aromatic rings. The zero-order valence-corrected chi connectivity index (χ0v) is 10.5. The number of aromatic amines is 1. The minimum absolute atomic E-state index is 0.140. The maximum absolute atomic E-state index is 9.83. The van der Waals surface area contributed by atoms with E-state index in [-0.39, 0.29) is 17.3 Å². The van der Waals surface area contributed by atoms with E-state index in [2.05, 4.69) is 15.5 Å². The topological polar surface area (TPSA) is 83.3 Å². The molecule has 0 saturated carbocycles. The number of nitrogens with zero attached hydrogens (tertiary/aromatic N) is 1. The molecule has 2 rings (SSSR count). The van der Waals surface area contributed by atoms with Gasteiger partial charge >= 0.3 is 0 Å². The molecule has 0 radical (unpaired) electrons. The number of aromatic nitrogens is 2. The van der Waals surface area contributed by atoms with Crippen LogP contribution in [-0.4, -0.2) is 29.0 Å². The first kappa shape index (κ1) is 12.6. The van der Waals surface area contributed by atoms with Crippen molar-refractivity contribution in [2.24, 2.45) is 0 Å². The van der Waals surface area contributed by atoms with E-state index < -0.39 is 6.10 Å². The van der Waals surface area contributed by atoms with Gasteiger partial charge in [0, 0.05) is 6.54 Å². The summed E-state index contributed by atoms with van der Waals surface area (Å²) >= 11 is 4.73. The number of hydrogen-bond acceptors (Lipinski definition) is 6. The standard InChI is InChI=1S/C11H13N3O3S/c1-16-9-5-3-2-4-7(9)12-6-8(15)10-13-14-11(18)17-10/h2-5,8,12,15H,6H2,1H3,(H,14,18). The smallest absolute Gasteiger partial charge is 0.284 e. The molecule has 0 bridgehead atoms. The number of aliphatic hydroxyl groups excluding tert-OH is 1. The SMILES string of the molecule is COc1ccccc1NCC(O)c1n[nH]c(=S)o1. The van der Waals surface area contributed by atoms with E-state index in [1.54, 1.807) is 7.11 Å². The zero-order valence-electron chi connectivity index (χ0n) is 9.71. The summed E-state index contributed by atoms with van der Waals surface area (Å²) in [6.45, 7) is 0.240. The third-order valence-corrected chi connectivity index (χ3v) is 2.51. The van der Waals surface area contributed by atoms with Crippen LogP contribution in [0.4, 0.5) is 5.69 Å². The van der Waals surface area contributed by atoms with Gasteiger partial charge in [-0.1, -0.05) is 12.1 Å². The predicted octanol–water partition coefficient (Wildman–Crippen LogP) is 1.89. The number of nitrogens with one attached hydrogen (secondary N) is 2. The average molecular weight is 267 g/mol. The second kappa shape index (κ2) is 5.65. The number of H-pyrrole nitrogens is 1. The van der Waals surface area contributed by atoms with Crippen molar-refractivity contribution < 1.29 is 14.3 Å². The van der Waals surface area contributed by atoms with Gasteiger partial charge in [0.2, 0.25) is 5.89 Å². The van der Waals surface area contributed by atoms with Gasteiger partial charge in [0.15, 0.2) is 0 Å². The highest BCUT2D eigenvalue weighted by molar-refractivity contribution is 7.71. The second-order valence-corrected chi connectivity index (χ2v) is 3.92. The van der Waals surface area contributed by atoms with Crippen molar-refractivity contribution in [3.63, 3.8) is 0 Å². The van der Waals surface area contributed by atoms with Gasteiger partial charge in [0.25, 0.3) is 4.84 Å². The highest BCUT2D eigenvalue weighted by atomic mass is 32.1.